The van der Waals surface area contributed by atoms with Crippen molar-refractivity contribution in [1.82, 2.24) is 5.06 Å². The Labute approximate surface area is 115 Å². The van der Waals surface area contributed by atoms with Gasteiger partial charge in [-0.15, -0.1) is 0 Å². The molecular weight excluding hydrogens is 292 g/mol. The van der Waals surface area contributed by atoms with Crippen LogP contribution in [-0.4, -0.2) is 52.1 Å². The largest absolute Gasteiger partial charge is 0.330 e. The molecule has 1 fully saturated rings. The molecule has 1 aliphatic rings. The Morgan fingerprint density at radius 2 is 1.90 bits per heavy atom. The highest BCUT2D eigenvalue weighted by Crippen LogP contribution is 2.33. The topological polar surface area (TPSA) is 155 Å². The number of unbranched alkanes of at least 4 members (excludes halogenated alkanes) is 2. The van der Waals surface area contributed by atoms with Gasteiger partial charge < -0.3 is 5.73 Å². The van der Waals surface area contributed by atoms with Crippen LogP contribution >= 0.6 is 0 Å². The molecule has 1 saturated heterocycles. The Morgan fingerprint density at radius 3 is 2.30 bits per heavy atom. The number of ketones is 1. The van der Waals surface area contributed by atoms with Gasteiger partial charge in [0.2, 0.25) is 4.75 Å². The van der Waals surface area contributed by atoms with Crippen molar-refractivity contribution in [3.8, 4) is 0 Å². The fourth-order valence-electron chi connectivity index (χ4n) is 2.02. The van der Waals surface area contributed by atoms with Gasteiger partial charge in [-0.3, -0.25) is 24.1 Å². The Bertz CT molecular complexity index is 530. The van der Waals surface area contributed by atoms with Crippen molar-refractivity contribution < 1.29 is 32.6 Å². The maximum atomic E-state index is 12.0. The summed E-state index contributed by atoms with van der Waals surface area (Å²) in [5.41, 5.74) is 5.26. The van der Waals surface area contributed by atoms with E-state index < -0.39 is 43.9 Å². The number of rotatable bonds is 7. The normalized spacial score (nSPS) is 23.4. The van der Waals surface area contributed by atoms with Crippen molar-refractivity contribution in [2.24, 2.45) is 5.73 Å². The monoisotopic (exact) mass is 308 g/mol. The molecule has 1 heterocycles. The van der Waals surface area contributed by atoms with Crippen LogP contribution in [0.5, 0.6) is 0 Å². The molecule has 0 bridgehead atoms. The smallest absolute Gasteiger partial charge is 0.287 e. The number of Topliss-reactive ketones (excluding diaryl/α,β-unsaturated/α-hetero) is 1. The van der Waals surface area contributed by atoms with Crippen molar-refractivity contribution in [3.05, 3.63) is 0 Å². The molecule has 1 atom stereocenters. The number of imide groups is 1. The van der Waals surface area contributed by atoms with Crippen molar-refractivity contribution in [3.63, 3.8) is 0 Å². The molecule has 20 heavy (non-hydrogen) atoms. The van der Waals surface area contributed by atoms with Crippen molar-refractivity contribution in [2.45, 2.75) is 36.9 Å². The van der Waals surface area contributed by atoms with Gasteiger partial charge in [-0.2, -0.15) is 13.5 Å². The van der Waals surface area contributed by atoms with Crippen LogP contribution in [0.2, 0.25) is 0 Å². The summed E-state index contributed by atoms with van der Waals surface area (Å²) in [6.07, 6.45) is 0.0175. The van der Waals surface area contributed by atoms with E-state index in [0.717, 1.165) is 0 Å². The average Bonchev–Trinajstić information content (AvgIpc) is 2.59. The molecule has 114 valence electrons. The fourth-order valence-corrected chi connectivity index (χ4v) is 3.02. The van der Waals surface area contributed by atoms with Crippen LogP contribution < -0.4 is 5.73 Å². The first kappa shape index (κ1) is 16.7. The summed E-state index contributed by atoms with van der Waals surface area (Å²) >= 11 is 0. The lowest BCUT2D eigenvalue weighted by Crippen LogP contribution is -2.52. The third-order valence-corrected chi connectivity index (χ3v) is 4.60. The zero-order chi connectivity index (χ0) is 15.6. The Morgan fingerprint density at radius 1 is 1.30 bits per heavy atom. The number of nitrogens with two attached hydrogens (primary N) is 1. The van der Waals surface area contributed by atoms with Gasteiger partial charge in [0.15, 0.2) is 5.78 Å². The molecule has 9 nitrogen and oxygen atoms in total. The third kappa shape index (κ3) is 2.73. The summed E-state index contributed by atoms with van der Waals surface area (Å²) < 4.78 is 29.0. The number of hydrogen-bond acceptors (Lipinski definition) is 7. The first-order chi connectivity index (χ1) is 9.18. The van der Waals surface area contributed by atoms with E-state index in [0.29, 0.717) is 19.4 Å². The zero-order valence-electron chi connectivity index (χ0n) is 10.6. The molecule has 0 saturated carbocycles. The fraction of sp³-hybridized carbons (Fsp3) is 0.700. The van der Waals surface area contributed by atoms with E-state index in [1.807, 2.05) is 0 Å². The average molecular weight is 308 g/mol. The molecule has 0 aromatic carbocycles. The Balaban J connectivity index is 3.01. The zero-order valence-corrected chi connectivity index (χ0v) is 11.4. The van der Waals surface area contributed by atoms with E-state index in [1.54, 1.807) is 0 Å². The summed E-state index contributed by atoms with van der Waals surface area (Å²) in [4.78, 5) is 34.9. The quantitative estimate of drug-likeness (QED) is 0.175. The molecule has 0 aromatic rings. The predicted molar refractivity (Wildman–Crippen MR) is 65.1 cm³/mol. The van der Waals surface area contributed by atoms with Crippen LogP contribution in [0, 0.1) is 0 Å². The molecular formula is C10H16N2O7S. The van der Waals surface area contributed by atoms with Gasteiger partial charge in [-0.1, -0.05) is 6.42 Å². The number of carbonyl (C=O) groups excluding carboxylic acids is 3. The van der Waals surface area contributed by atoms with Crippen LogP contribution in [0.4, 0.5) is 0 Å². The number of amides is 2. The van der Waals surface area contributed by atoms with E-state index in [9.17, 15) is 22.8 Å². The van der Waals surface area contributed by atoms with E-state index in [4.69, 9.17) is 15.5 Å². The van der Waals surface area contributed by atoms with Crippen LogP contribution in [0.15, 0.2) is 0 Å². The predicted octanol–water partition coefficient (Wildman–Crippen LogP) is -1.15. The van der Waals surface area contributed by atoms with Gasteiger partial charge >= 0.3 is 0 Å². The SMILES string of the molecule is NCCCCCC(=O)C1(S(=O)(=O)O)CC(=O)N(O)C1=O. The molecule has 2 amide bonds. The highest BCUT2D eigenvalue weighted by molar-refractivity contribution is 7.89. The van der Waals surface area contributed by atoms with Crippen molar-refractivity contribution in [2.75, 3.05) is 6.54 Å². The number of hydrogen-bond donors (Lipinski definition) is 3. The standard InChI is InChI=1S/C10H16N2O7S/c11-5-3-1-2-4-7(13)10(20(17,18)19)6-8(14)12(16)9(10)15/h16H,1-6,11H2,(H,17,18,19). The van der Waals surface area contributed by atoms with Gasteiger partial charge in [-0.25, -0.2) is 0 Å². The van der Waals surface area contributed by atoms with Crippen molar-refractivity contribution >= 4 is 27.7 Å². The van der Waals surface area contributed by atoms with Gasteiger partial charge in [0.05, 0.1) is 6.42 Å². The van der Waals surface area contributed by atoms with E-state index >= 15 is 0 Å². The summed E-state index contributed by atoms with van der Waals surface area (Å²) in [7, 11) is -5.17. The molecule has 0 radical (unpaired) electrons. The van der Waals surface area contributed by atoms with Gasteiger partial charge in [-0.05, 0) is 19.4 Å². The maximum Gasteiger partial charge on any atom is 0.287 e. The maximum absolute atomic E-state index is 12.0. The minimum absolute atomic E-state index is 0.264. The lowest BCUT2D eigenvalue weighted by Gasteiger charge is -2.20. The highest BCUT2D eigenvalue weighted by atomic mass is 32.2. The molecule has 1 rings (SSSR count). The van der Waals surface area contributed by atoms with Crippen LogP contribution in [0.1, 0.15) is 32.1 Å². The summed E-state index contributed by atoms with van der Waals surface area (Å²) in [5.74, 6) is -3.98. The highest BCUT2D eigenvalue weighted by Gasteiger charge is 2.64. The summed E-state index contributed by atoms with van der Waals surface area (Å²) in [6, 6.07) is 0. The summed E-state index contributed by atoms with van der Waals surface area (Å²) in [6.45, 7) is 0.402. The number of nitrogens with zero attached hydrogens (tertiary/aromatic N) is 1. The van der Waals surface area contributed by atoms with E-state index in [1.165, 1.54) is 0 Å². The van der Waals surface area contributed by atoms with Crippen molar-refractivity contribution in [1.29, 1.82) is 0 Å². The second-order valence-corrected chi connectivity index (χ2v) is 6.16. The minimum atomic E-state index is -5.17. The lowest BCUT2D eigenvalue weighted by molar-refractivity contribution is -0.172. The number of hydroxylamine groups is 2. The molecule has 1 unspecified atom stereocenters. The second-order valence-electron chi connectivity index (χ2n) is 4.51. The van der Waals surface area contributed by atoms with E-state index in [2.05, 4.69) is 0 Å². The molecule has 0 aromatic heterocycles. The number of carbonyl (C=O) groups is 3. The first-order valence-electron chi connectivity index (χ1n) is 5.95. The van der Waals surface area contributed by atoms with Gasteiger partial charge in [0, 0.05) is 6.42 Å². The van der Waals surface area contributed by atoms with Crippen LogP contribution in [-0.2, 0) is 24.5 Å². The molecule has 0 spiro atoms. The molecule has 0 aliphatic carbocycles. The molecule has 10 heteroatoms. The Kier molecular flexibility index (Phi) is 4.97. The second kappa shape index (κ2) is 5.95. The van der Waals surface area contributed by atoms with Crippen LogP contribution in [0.3, 0.4) is 0 Å². The first-order valence-corrected chi connectivity index (χ1v) is 7.39. The Hall–Kier alpha value is -1.36. The third-order valence-electron chi connectivity index (χ3n) is 3.17. The van der Waals surface area contributed by atoms with E-state index in [-0.39, 0.29) is 12.8 Å². The minimum Gasteiger partial charge on any atom is -0.330 e. The molecule has 1 aliphatic heterocycles. The van der Waals surface area contributed by atoms with Gasteiger partial charge in [0.25, 0.3) is 21.9 Å². The van der Waals surface area contributed by atoms with Crippen LogP contribution in [0.25, 0.3) is 0 Å². The summed E-state index contributed by atoms with van der Waals surface area (Å²) in [5, 5.41) is 8.67. The van der Waals surface area contributed by atoms with Gasteiger partial charge in [0.1, 0.15) is 0 Å². The molecule has 4 N–H and O–H groups in total. The lowest BCUT2D eigenvalue weighted by atomic mass is 9.96.